The number of carbonyl (C=O) groups is 2. The Morgan fingerprint density at radius 3 is 2.40 bits per heavy atom. The van der Waals surface area contributed by atoms with Crippen LogP contribution in [0.5, 0.6) is 0 Å². The van der Waals surface area contributed by atoms with Gasteiger partial charge in [0.2, 0.25) is 0 Å². The van der Waals surface area contributed by atoms with Crippen molar-refractivity contribution in [1.29, 1.82) is 0 Å². The summed E-state index contributed by atoms with van der Waals surface area (Å²) >= 11 is 0. The van der Waals surface area contributed by atoms with E-state index in [2.05, 4.69) is 6.92 Å². The van der Waals surface area contributed by atoms with Crippen molar-refractivity contribution in [3.8, 4) is 0 Å². The first-order valence-electron chi connectivity index (χ1n) is 5.47. The third kappa shape index (κ3) is 1.32. The van der Waals surface area contributed by atoms with Crippen molar-refractivity contribution < 1.29 is 14.3 Å². The predicted molar refractivity (Wildman–Crippen MR) is 55.2 cm³/mol. The fourth-order valence-corrected chi connectivity index (χ4v) is 3.59. The molecule has 0 unspecified atom stereocenters. The van der Waals surface area contributed by atoms with Crippen molar-refractivity contribution in [2.24, 2.45) is 16.7 Å². The van der Waals surface area contributed by atoms with Crippen LogP contribution < -0.4 is 0 Å². The second-order valence-corrected chi connectivity index (χ2v) is 5.86. The smallest absolute Gasteiger partial charge is 0.302 e. The number of carbonyl (C=O) groups excluding carboxylic acids is 2. The minimum Gasteiger partial charge on any atom is -0.461 e. The Labute approximate surface area is 90.2 Å². The van der Waals surface area contributed by atoms with Crippen LogP contribution in [-0.2, 0) is 14.3 Å². The van der Waals surface area contributed by atoms with Gasteiger partial charge in [0, 0.05) is 30.1 Å². The molecule has 2 rings (SSSR count). The maximum atomic E-state index is 11.7. The molecule has 0 aromatic heterocycles. The van der Waals surface area contributed by atoms with Gasteiger partial charge < -0.3 is 4.74 Å². The molecule has 0 N–H and O–H groups in total. The highest BCUT2D eigenvalue weighted by Gasteiger charge is 2.65. The third-order valence-corrected chi connectivity index (χ3v) is 4.13. The summed E-state index contributed by atoms with van der Waals surface area (Å²) in [5.41, 5.74) is -0.327. The summed E-state index contributed by atoms with van der Waals surface area (Å²) < 4.78 is 5.42. The van der Waals surface area contributed by atoms with E-state index >= 15 is 0 Å². The zero-order chi connectivity index (χ0) is 11.4. The van der Waals surface area contributed by atoms with E-state index in [-0.39, 0.29) is 28.8 Å². The van der Waals surface area contributed by atoms with Crippen molar-refractivity contribution in [2.45, 2.75) is 46.6 Å². The highest BCUT2D eigenvalue weighted by atomic mass is 16.5. The van der Waals surface area contributed by atoms with Gasteiger partial charge >= 0.3 is 5.97 Å². The number of esters is 1. The van der Waals surface area contributed by atoms with Gasteiger partial charge in [-0.25, -0.2) is 0 Å². The minimum absolute atomic E-state index is 0.0758. The molecule has 0 saturated heterocycles. The van der Waals surface area contributed by atoms with Crippen molar-refractivity contribution in [2.75, 3.05) is 0 Å². The van der Waals surface area contributed by atoms with Crippen LogP contribution in [0.3, 0.4) is 0 Å². The van der Waals surface area contributed by atoms with E-state index in [0.717, 1.165) is 6.42 Å². The van der Waals surface area contributed by atoms with Crippen molar-refractivity contribution in [1.82, 2.24) is 0 Å². The molecule has 15 heavy (non-hydrogen) atoms. The molecule has 2 aliphatic rings. The molecule has 3 heteroatoms. The molecule has 2 aliphatic carbocycles. The van der Waals surface area contributed by atoms with Gasteiger partial charge in [-0.2, -0.15) is 0 Å². The van der Waals surface area contributed by atoms with Gasteiger partial charge in [-0.05, 0) is 6.42 Å². The Morgan fingerprint density at radius 2 is 2.00 bits per heavy atom. The minimum atomic E-state index is -0.241. The lowest BCUT2D eigenvalue weighted by Gasteiger charge is -2.40. The van der Waals surface area contributed by atoms with E-state index in [1.807, 2.05) is 13.8 Å². The van der Waals surface area contributed by atoms with Gasteiger partial charge in [-0.1, -0.05) is 20.8 Å². The highest BCUT2D eigenvalue weighted by molar-refractivity contribution is 5.86. The Kier molecular flexibility index (Phi) is 2.01. The maximum Gasteiger partial charge on any atom is 0.302 e. The van der Waals surface area contributed by atoms with E-state index in [9.17, 15) is 9.59 Å². The van der Waals surface area contributed by atoms with Crippen LogP contribution in [0.15, 0.2) is 0 Å². The molecule has 0 spiro atoms. The van der Waals surface area contributed by atoms with Crippen molar-refractivity contribution >= 4 is 11.8 Å². The zero-order valence-electron chi connectivity index (χ0n) is 9.79. The Balaban J connectivity index is 2.32. The van der Waals surface area contributed by atoms with E-state index in [1.54, 1.807) is 0 Å². The molecular formula is C12H18O3. The average molecular weight is 210 g/mol. The van der Waals surface area contributed by atoms with Crippen LogP contribution in [0.1, 0.15) is 40.5 Å². The SMILES string of the molecule is CC(=O)O[C@H]1C(C)(C)[C@@H]2C[C@@]1(C)CC2=O. The molecule has 84 valence electrons. The summed E-state index contributed by atoms with van der Waals surface area (Å²) in [5.74, 6) is 0.173. The molecule has 3 atom stereocenters. The highest BCUT2D eigenvalue weighted by Crippen LogP contribution is 2.61. The van der Waals surface area contributed by atoms with Gasteiger partial charge in [0.15, 0.2) is 0 Å². The van der Waals surface area contributed by atoms with Gasteiger partial charge in [0.1, 0.15) is 11.9 Å². The fraction of sp³-hybridized carbons (Fsp3) is 0.833. The maximum absolute atomic E-state index is 11.7. The first-order chi connectivity index (χ1) is 6.77. The van der Waals surface area contributed by atoms with Crippen molar-refractivity contribution in [3.05, 3.63) is 0 Å². The number of ether oxygens (including phenoxy) is 1. The summed E-state index contributed by atoms with van der Waals surface area (Å²) in [4.78, 5) is 22.8. The van der Waals surface area contributed by atoms with Gasteiger partial charge in [-0.15, -0.1) is 0 Å². The number of hydrogen-bond donors (Lipinski definition) is 0. The Hall–Kier alpha value is -0.860. The Morgan fingerprint density at radius 1 is 1.40 bits per heavy atom. The molecule has 0 heterocycles. The number of fused-ring (bicyclic) bond motifs is 2. The summed E-state index contributed by atoms with van der Waals surface area (Å²) in [6.45, 7) is 7.57. The molecule has 0 aliphatic heterocycles. The van der Waals surface area contributed by atoms with Crippen LogP contribution >= 0.6 is 0 Å². The molecule has 3 nitrogen and oxygen atoms in total. The second-order valence-electron chi connectivity index (χ2n) is 5.86. The lowest BCUT2D eigenvalue weighted by molar-refractivity contribution is -0.164. The normalized spacial score (nSPS) is 42.0. The fourth-order valence-electron chi connectivity index (χ4n) is 3.59. The number of rotatable bonds is 1. The predicted octanol–water partition coefficient (Wildman–Crippen LogP) is 1.94. The number of ketones is 1. The Bertz CT molecular complexity index is 327. The number of hydrogen-bond acceptors (Lipinski definition) is 3. The van der Waals surface area contributed by atoms with Crippen LogP contribution in [0.25, 0.3) is 0 Å². The average Bonchev–Trinajstić information content (AvgIpc) is 2.45. The summed E-state index contributed by atoms with van der Waals surface area (Å²) in [6, 6.07) is 0. The first-order valence-corrected chi connectivity index (χ1v) is 5.47. The van der Waals surface area contributed by atoms with Gasteiger partial charge in [0.05, 0.1) is 0 Å². The zero-order valence-corrected chi connectivity index (χ0v) is 9.79. The summed E-state index contributed by atoms with van der Waals surface area (Å²) in [7, 11) is 0. The molecule has 2 saturated carbocycles. The van der Waals surface area contributed by atoms with E-state index in [4.69, 9.17) is 4.74 Å². The molecule has 0 radical (unpaired) electrons. The van der Waals surface area contributed by atoms with Crippen molar-refractivity contribution in [3.63, 3.8) is 0 Å². The summed E-state index contributed by atoms with van der Waals surface area (Å²) in [6.07, 6.45) is 1.33. The lowest BCUT2D eigenvalue weighted by atomic mass is 9.69. The molecular weight excluding hydrogens is 192 g/mol. The second kappa shape index (κ2) is 2.83. The van der Waals surface area contributed by atoms with Gasteiger partial charge in [-0.3, -0.25) is 9.59 Å². The quantitative estimate of drug-likeness (QED) is 0.621. The molecule has 0 amide bonds. The summed E-state index contributed by atoms with van der Waals surface area (Å²) in [5, 5.41) is 0. The molecule has 0 aromatic carbocycles. The monoisotopic (exact) mass is 210 g/mol. The van der Waals surface area contributed by atoms with Crippen LogP contribution in [0.2, 0.25) is 0 Å². The molecule has 2 bridgehead atoms. The largest absolute Gasteiger partial charge is 0.461 e. The third-order valence-electron chi connectivity index (χ3n) is 4.13. The van der Waals surface area contributed by atoms with E-state index in [1.165, 1.54) is 6.92 Å². The van der Waals surface area contributed by atoms with Gasteiger partial charge in [0.25, 0.3) is 0 Å². The van der Waals surface area contributed by atoms with Crippen LogP contribution in [0, 0.1) is 16.7 Å². The number of Topliss-reactive ketones (excluding diaryl/α,β-unsaturated/α-hetero) is 1. The van der Waals surface area contributed by atoms with Crippen LogP contribution in [-0.4, -0.2) is 17.9 Å². The molecule has 0 aromatic rings. The topological polar surface area (TPSA) is 43.4 Å². The van der Waals surface area contributed by atoms with E-state index in [0.29, 0.717) is 12.2 Å². The van der Waals surface area contributed by atoms with Crippen LogP contribution in [0.4, 0.5) is 0 Å². The first kappa shape index (κ1) is 10.7. The van der Waals surface area contributed by atoms with E-state index < -0.39 is 0 Å². The standard InChI is InChI=1S/C12H18O3/c1-7(13)15-10-11(2,3)8-5-12(10,4)6-9(8)14/h8,10H,5-6H2,1-4H3/t8-,10+,12+/m1/s1. The lowest BCUT2D eigenvalue weighted by Crippen LogP contribution is -2.46. The molecule has 2 fully saturated rings.